The third-order valence-electron chi connectivity index (χ3n) is 23.4. The SMILES string of the molecule is CCCCCCCCCCCCCCCCCCc1ccc(-c2nnc(-c3ccc(CCCCCCCCCCCCCCCCCC)s3)c3cc4c(-c5ccc(CCCCCCCCCCCCCCCCCC)s5)nnc(-c5ccc(CCCCCCCCCCCCCCCCCC)s5)c4cc23)s1. The van der Waals surface area contributed by atoms with E-state index in [9.17, 15) is 0 Å². The summed E-state index contributed by atoms with van der Waals surface area (Å²) in [6.07, 6.45) is 94.2. The number of aryl methyl sites for hydroxylation is 4. The molecule has 0 unspecified atom stereocenters. The molecule has 0 saturated heterocycles. The van der Waals surface area contributed by atoms with Crippen LogP contribution in [0.1, 0.15) is 458 Å². The van der Waals surface area contributed by atoms with Gasteiger partial charge in [0.05, 0.1) is 19.5 Å². The van der Waals surface area contributed by atoms with Gasteiger partial charge in [-0.2, -0.15) is 0 Å². The lowest BCUT2D eigenvalue weighted by molar-refractivity contribution is 0.529. The van der Waals surface area contributed by atoms with Crippen LogP contribution in [0.25, 0.3) is 63.8 Å². The molecule has 0 aliphatic rings. The third-order valence-corrected chi connectivity index (χ3v) is 28.0. The van der Waals surface area contributed by atoms with Crippen LogP contribution < -0.4 is 0 Å². The van der Waals surface area contributed by atoms with Crippen LogP contribution in [-0.4, -0.2) is 20.4 Å². The van der Waals surface area contributed by atoms with E-state index in [4.69, 9.17) is 20.4 Å². The number of hydrogen-bond donors (Lipinski definition) is 0. The molecular formula is C98H158N4S4. The van der Waals surface area contributed by atoms with Crippen LogP contribution >= 0.6 is 45.3 Å². The quantitative estimate of drug-likeness (QED) is 0.0282. The molecule has 7 rings (SSSR count). The van der Waals surface area contributed by atoms with Gasteiger partial charge in [-0.15, -0.1) is 65.7 Å². The summed E-state index contributed by atoms with van der Waals surface area (Å²) >= 11 is 7.78. The highest BCUT2D eigenvalue weighted by Gasteiger charge is 2.23. The standard InChI is InChI=1S/C98H158N4S4/c1-5-9-13-17-21-25-29-33-37-41-45-49-53-57-61-65-69-83-73-77-91(103-83)95-87-81-89-90(82-88(87)96(100-99-95)92-78-74-84(104-92)70-66-62-58-54-50-46-42-38-34-30-26-22-18-14-10-6-2)98(94-80-76-86(106-94)72-68-64-60-56-52-48-44-40-36-32-28-24-20-16-12-8-4)102-101-97(89)93-79-75-85(105-93)71-67-63-59-55-51-47-43-39-35-31-27-23-19-15-11-7-3/h73-82H,5-72H2,1-4H3. The zero-order valence-electron chi connectivity index (χ0n) is 69.3. The van der Waals surface area contributed by atoms with Crippen LogP contribution in [0.2, 0.25) is 0 Å². The predicted octanol–water partition coefficient (Wildman–Crippen LogP) is 35.7. The van der Waals surface area contributed by atoms with Crippen LogP contribution in [-0.2, 0) is 25.7 Å². The molecule has 0 fully saturated rings. The average molecular weight is 1520 g/mol. The molecule has 0 aliphatic heterocycles. The van der Waals surface area contributed by atoms with Gasteiger partial charge in [0.15, 0.2) is 0 Å². The van der Waals surface area contributed by atoms with Crippen LogP contribution in [0.4, 0.5) is 0 Å². The molecule has 594 valence electrons. The first-order valence-corrected chi connectivity index (χ1v) is 49.7. The molecule has 8 heteroatoms. The number of rotatable bonds is 72. The smallest absolute Gasteiger partial charge is 0.111 e. The minimum atomic E-state index is 1.01. The lowest BCUT2D eigenvalue weighted by Gasteiger charge is -2.13. The van der Waals surface area contributed by atoms with Gasteiger partial charge in [-0.3, -0.25) is 0 Å². The number of benzene rings is 1. The number of thiophene rings is 4. The molecule has 0 atom stereocenters. The Hall–Kier alpha value is -3.30. The maximum atomic E-state index is 5.31. The molecule has 0 radical (unpaired) electrons. The van der Waals surface area contributed by atoms with Crippen LogP contribution in [0.15, 0.2) is 60.7 Å². The van der Waals surface area contributed by atoms with Gasteiger partial charge in [0.25, 0.3) is 0 Å². The zero-order chi connectivity index (χ0) is 74.0. The number of fused-ring (bicyclic) bond motifs is 2. The second-order valence-electron chi connectivity index (χ2n) is 33.0. The van der Waals surface area contributed by atoms with Gasteiger partial charge in [0.2, 0.25) is 0 Å². The molecule has 0 aliphatic carbocycles. The first-order chi connectivity index (χ1) is 52.6. The topological polar surface area (TPSA) is 51.6 Å². The minimum Gasteiger partial charge on any atom is -0.148 e. The minimum absolute atomic E-state index is 1.01. The molecule has 106 heavy (non-hydrogen) atoms. The normalized spacial score (nSPS) is 11.9. The molecule has 6 heterocycles. The van der Waals surface area contributed by atoms with E-state index in [0.717, 1.165) is 48.5 Å². The highest BCUT2D eigenvalue weighted by molar-refractivity contribution is 7.16. The number of hydrogen-bond acceptors (Lipinski definition) is 8. The Morgan fingerprint density at radius 2 is 0.302 bits per heavy atom. The molecule has 0 saturated carbocycles. The highest BCUT2D eigenvalue weighted by Crippen LogP contribution is 2.45. The molecule has 0 spiro atoms. The Bertz CT molecular complexity index is 2800. The number of nitrogens with zero attached hydrogens (tertiary/aromatic N) is 4. The largest absolute Gasteiger partial charge is 0.148 e. The maximum Gasteiger partial charge on any atom is 0.111 e. The summed E-state index contributed by atoms with van der Waals surface area (Å²) in [5.41, 5.74) is 4.02. The summed E-state index contributed by atoms with van der Waals surface area (Å²) in [5.74, 6) is 0. The van der Waals surface area contributed by atoms with Gasteiger partial charge >= 0.3 is 0 Å². The Kier molecular flexibility index (Phi) is 51.2. The molecule has 7 aromatic rings. The monoisotopic (exact) mass is 1520 g/mol. The zero-order valence-corrected chi connectivity index (χ0v) is 72.5. The van der Waals surface area contributed by atoms with Crippen LogP contribution in [0.3, 0.4) is 0 Å². The summed E-state index contributed by atoms with van der Waals surface area (Å²) in [6.45, 7) is 9.27. The van der Waals surface area contributed by atoms with Crippen molar-refractivity contribution in [2.75, 3.05) is 0 Å². The van der Waals surface area contributed by atoms with Gasteiger partial charge in [-0.05, 0) is 112 Å². The summed E-state index contributed by atoms with van der Waals surface area (Å²) in [7, 11) is 0. The van der Waals surface area contributed by atoms with Crippen molar-refractivity contribution >= 4 is 66.9 Å². The predicted molar refractivity (Wildman–Crippen MR) is 479 cm³/mol. The summed E-state index contributed by atoms with van der Waals surface area (Å²) < 4.78 is 0. The Balaban J connectivity index is 1.02. The molecule has 0 N–H and O–H groups in total. The Labute approximate surface area is 669 Å². The van der Waals surface area contributed by atoms with E-state index in [0.29, 0.717) is 0 Å². The van der Waals surface area contributed by atoms with Crippen LogP contribution in [0, 0.1) is 0 Å². The van der Waals surface area contributed by atoms with Gasteiger partial charge in [0, 0.05) is 41.1 Å². The van der Waals surface area contributed by atoms with Crippen LogP contribution in [0.5, 0.6) is 0 Å². The fraction of sp³-hybridized carbons (Fsp3) is 0.735. The maximum absolute atomic E-state index is 5.31. The van der Waals surface area contributed by atoms with E-state index in [1.807, 2.05) is 45.3 Å². The van der Waals surface area contributed by atoms with Crippen molar-refractivity contribution in [3.05, 3.63) is 80.2 Å². The van der Waals surface area contributed by atoms with Gasteiger partial charge < -0.3 is 0 Å². The molecule has 0 amide bonds. The third kappa shape index (κ3) is 37.8. The van der Waals surface area contributed by atoms with E-state index in [1.165, 1.54) is 471 Å². The fourth-order valence-corrected chi connectivity index (χ4v) is 20.7. The van der Waals surface area contributed by atoms with Crippen molar-refractivity contribution in [2.24, 2.45) is 0 Å². The number of unbranched alkanes of at least 4 members (excludes halogenated alkanes) is 60. The van der Waals surface area contributed by atoms with Crippen molar-refractivity contribution in [1.29, 1.82) is 0 Å². The van der Waals surface area contributed by atoms with Crippen molar-refractivity contribution in [2.45, 2.75) is 464 Å². The second-order valence-corrected chi connectivity index (χ2v) is 37.7. The Morgan fingerprint density at radius 3 is 0.443 bits per heavy atom. The Morgan fingerprint density at radius 1 is 0.170 bits per heavy atom. The van der Waals surface area contributed by atoms with Crippen molar-refractivity contribution in [3.8, 4) is 42.3 Å². The average Bonchev–Trinajstić information content (AvgIpc) is 1.19. The first-order valence-electron chi connectivity index (χ1n) is 46.5. The van der Waals surface area contributed by atoms with E-state index in [1.54, 1.807) is 0 Å². The van der Waals surface area contributed by atoms with E-state index in [2.05, 4.69) is 88.4 Å². The van der Waals surface area contributed by atoms with Crippen molar-refractivity contribution < 1.29 is 0 Å². The molecule has 6 aromatic heterocycles. The summed E-state index contributed by atoms with van der Waals surface area (Å²) in [4.78, 5) is 10.8. The summed E-state index contributed by atoms with van der Waals surface area (Å²) in [5, 5.41) is 26.0. The molecule has 4 nitrogen and oxygen atoms in total. The van der Waals surface area contributed by atoms with E-state index in [-0.39, 0.29) is 0 Å². The van der Waals surface area contributed by atoms with Gasteiger partial charge in [-0.1, -0.05) is 413 Å². The summed E-state index contributed by atoms with van der Waals surface area (Å²) in [6, 6.07) is 24.0. The first kappa shape index (κ1) is 89.9. The second kappa shape index (κ2) is 60.4. The van der Waals surface area contributed by atoms with Gasteiger partial charge in [-0.25, -0.2) is 0 Å². The molecule has 1 aromatic carbocycles. The van der Waals surface area contributed by atoms with E-state index < -0.39 is 0 Å². The van der Waals surface area contributed by atoms with Gasteiger partial charge in [0.1, 0.15) is 22.8 Å². The van der Waals surface area contributed by atoms with Crippen molar-refractivity contribution in [1.82, 2.24) is 20.4 Å². The highest BCUT2D eigenvalue weighted by atomic mass is 32.1. The fourth-order valence-electron chi connectivity index (χ4n) is 16.5. The lowest BCUT2D eigenvalue weighted by atomic mass is 9.98. The number of aromatic nitrogens is 4. The molecular weight excluding hydrogens is 1360 g/mol. The lowest BCUT2D eigenvalue weighted by Crippen LogP contribution is -1.97. The van der Waals surface area contributed by atoms with Crippen molar-refractivity contribution in [3.63, 3.8) is 0 Å². The molecule has 0 bridgehead atoms. The van der Waals surface area contributed by atoms with E-state index >= 15 is 0 Å².